The zero-order chi connectivity index (χ0) is 11.4. The summed E-state index contributed by atoms with van der Waals surface area (Å²) in [6.07, 6.45) is -0.477. The Bertz CT molecular complexity index is 213. The molecule has 0 saturated carbocycles. The Hall–Kier alpha value is -0.650. The highest BCUT2D eigenvalue weighted by atomic mass is 16.3. The standard InChI is InChI=1S/C10H21N3O2/c1-7-4-12-9(5-11-7)10(15)13(3)6-8(2)14/h7-9,11-12,14H,4-6H2,1-3H3. The van der Waals surface area contributed by atoms with Crippen molar-refractivity contribution in [3.63, 3.8) is 0 Å². The number of carbonyl (C=O) groups excluding carboxylic acids is 1. The van der Waals surface area contributed by atoms with Gasteiger partial charge in [0.25, 0.3) is 0 Å². The number of nitrogens with zero attached hydrogens (tertiary/aromatic N) is 1. The number of amides is 1. The third-order valence-corrected chi connectivity index (χ3v) is 2.55. The summed E-state index contributed by atoms with van der Waals surface area (Å²) in [6, 6.07) is 0.251. The molecule has 3 unspecified atom stereocenters. The van der Waals surface area contributed by atoms with Crippen LogP contribution >= 0.6 is 0 Å². The molecule has 0 spiro atoms. The number of likely N-dealkylation sites (N-methyl/N-ethyl adjacent to an activating group) is 1. The molecule has 0 aliphatic carbocycles. The fourth-order valence-corrected chi connectivity index (χ4v) is 1.71. The van der Waals surface area contributed by atoms with Gasteiger partial charge < -0.3 is 20.6 Å². The molecule has 3 atom stereocenters. The number of piperazine rings is 1. The van der Waals surface area contributed by atoms with E-state index in [1.165, 1.54) is 0 Å². The minimum Gasteiger partial charge on any atom is -0.392 e. The lowest BCUT2D eigenvalue weighted by Gasteiger charge is -2.31. The van der Waals surface area contributed by atoms with Crippen molar-refractivity contribution in [2.75, 3.05) is 26.7 Å². The Morgan fingerprint density at radius 3 is 2.67 bits per heavy atom. The van der Waals surface area contributed by atoms with Gasteiger partial charge in [-0.25, -0.2) is 0 Å². The summed E-state index contributed by atoms with van der Waals surface area (Å²) in [5.41, 5.74) is 0. The van der Waals surface area contributed by atoms with Gasteiger partial charge in [-0.2, -0.15) is 0 Å². The van der Waals surface area contributed by atoms with Gasteiger partial charge in [0.2, 0.25) is 5.91 Å². The number of nitrogens with one attached hydrogen (secondary N) is 2. The first kappa shape index (κ1) is 12.4. The maximum Gasteiger partial charge on any atom is 0.240 e. The first-order chi connectivity index (χ1) is 7.00. The summed E-state index contributed by atoms with van der Waals surface area (Å²) in [4.78, 5) is 13.4. The third kappa shape index (κ3) is 3.77. The maximum absolute atomic E-state index is 11.9. The topological polar surface area (TPSA) is 64.6 Å². The van der Waals surface area contributed by atoms with Gasteiger partial charge in [-0.1, -0.05) is 0 Å². The number of aliphatic hydroxyl groups excluding tert-OH is 1. The van der Waals surface area contributed by atoms with Crippen LogP contribution in [0.4, 0.5) is 0 Å². The summed E-state index contributed by atoms with van der Waals surface area (Å²) in [5.74, 6) is 0.0373. The number of rotatable bonds is 3. The van der Waals surface area contributed by atoms with Crippen LogP contribution in [0, 0.1) is 0 Å². The molecule has 5 heteroatoms. The minimum absolute atomic E-state index is 0.0373. The number of aliphatic hydroxyl groups is 1. The predicted octanol–water partition coefficient (Wildman–Crippen LogP) is -1.22. The second-order valence-corrected chi connectivity index (χ2v) is 4.34. The molecule has 1 rings (SSSR count). The molecule has 5 nitrogen and oxygen atoms in total. The van der Waals surface area contributed by atoms with E-state index in [1.54, 1.807) is 18.9 Å². The highest BCUT2D eigenvalue weighted by Crippen LogP contribution is 1.99. The molecule has 0 aromatic carbocycles. The molecule has 1 aliphatic rings. The molecule has 88 valence electrons. The molecule has 3 N–H and O–H groups in total. The van der Waals surface area contributed by atoms with Crippen LogP contribution in [0.3, 0.4) is 0 Å². The van der Waals surface area contributed by atoms with Crippen LogP contribution in [-0.4, -0.2) is 60.8 Å². The summed E-state index contributed by atoms with van der Waals surface area (Å²) in [7, 11) is 1.72. The third-order valence-electron chi connectivity index (χ3n) is 2.55. The SMILES string of the molecule is CC(O)CN(C)C(=O)C1CNC(C)CN1. The molecule has 1 aliphatic heterocycles. The van der Waals surface area contributed by atoms with Crippen molar-refractivity contribution in [2.24, 2.45) is 0 Å². The van der Waals surface area contributed by atoms with Gasteiger partial charge in [0.05, 0.1) is 12.1 Å². The molecule has 0 aromatic rings. The maximum atomic E-state index is 11.9. The lowest BCUT2D eigenvalue weighted by Crippen LogP contribution is -2.59. The zero-order valence-electron chi connectivity index (χ0n) is 9.66. The molecule has 0 radical (unpaired) electrons. The lowest BCUT2D eigenvalue weighted by molar-refractivity contribution is -0.133. The van der Waals surface area contributed by atoms with E-state index in [-0.39, 0.29) is 11.9 Å². The average Bonchev–Trinajstić information content (AvgIpc) is 2.17. The Kier molecular flexibility index (Phi) is 4.50. The summed E-state index contributed by atoms with van der Waals surface area (Å²) >= 11 is 0. The Morgan fingerprint density at radius 2 is 2.20 bits per heavy atom. The van der Waals surface area contributed by atoms with E-state index in [2.05, 4.69) is 17.6 Å². The number of hydrogen-bond acceptors (Lipinski definition) is 4. The quantitative estimate of drug-likeness (QED) is 0.552. The second-order valence-electron chi connectivity index (χ2n) is 4.34. The van der Waals surface area contributed by atoms with E-state index in [0.29, 0.717) is 19.1 Å². The van der Waals surface area contributed by atoms with Crippen LogP contribution in [0.2, 0.25) is 0 Å². The first-order valence-corrected chi connectivity index (χ1v) is 5.40. The molecular weight excluding hydrogens is 194 g/mol. The summed E-state index contributed by atoms with van der Waals surface area (Å²) in [5, 5.41) is 15.6. The van der Waals surface area contributed by atoms with Crippen LogP contribution < -0.4 is 10.6 Å². The van der Waals surface area contributed by atoms with Gasteiger partial charge in [-0.15, -0.1) is 0 Å². The first-order valence-electron chi connectivity index (χ1n) is 5.40. The van der Waals surface area contributed by atoms with Crippen molar-refractivity contribution >= 4 is 5.91 Å². The zero-order valence-corrected chi connectivity index (χ0v) is 9.66. The van der Waals surface area contributed by atoms with E-state index in [4.69, 9.17) is 0 Å². The molecule has 0 aromatic heterocycles. The largest absolute Gasteiger partial charge is 0.392 e. The fraction of sp³-hybridized carbons (Fsp3) is 0.900. The Balaban J connectivity index is 2.39. The van der Waals surface area contributed by atoms with Crippen molar-refractivity contribution in [1.82, 2.24) is 15.5 Å². The summed E-state index contributed by atoms with van der Waals surface area (Å²) < 4.78 is 0. The lowest BCUT2D eigenvalue weighted by atomic mass is 10.1. The van der Waals surface area contributed by atoms with Crippen molar-refractivity contribution in [3.05, 3.63) is 0 Å². The Morgan fingerprint density at radius 1 is 1.53 bits per heavy atom. The van der Waals surface area contributed by atoms with Crippen LogP contribution in [0.5, 0.6) is 0 Å². The predicted molar refractivity (Wildman–Crippen MR) is 58.6 cm³/mol. The molecule has 1 saturated heterocycles. The minimum atomic E-state index is -0.477. The number of carbonyl (C=O) groups is 1. The van der Waals surface area contributed by atoms with Crippen LogP contribution in [0.25, 0.3) is 0 Å². The van der Waals surface area contributed by atoms with Crippen LogP contribution in [-0.2, 0) is 4.79 Å². The van der Waals surface area contributed by atoms with E-state index in [0.717, 1.165) is 6.54 Å². The van der Waals surface area contributed by atoms with Crippen molar-refractivity contribution < 1.29 is 9.90 Å². The highest BCUT2D eigenvalue weighted by Gasteiger charge is 2.25. The summed E-state index contributed by atoms with van der Waals surface area (Å²) in [6.45, 7) is 5.60. The van der Waals surface area contributed by atoms with Crippen molar-refractivity contribution in [2.45, 2.75) is 32.0 Å². The van der Waals surface area contributed by atoms with Crippen molar-refractivity contribution in [3.8, 4) is 0 Å². The van der Waals surface area contributed by atoms with E-state index < -0.39 is 6.10 Å². The van der Waals surface area contributed by atoms with Gasteiger partial charge >= 0.3 is 0 Å². The molecule has 0 bridgehead atoms. The van der Waals surface area contributed by atoms with E-state index in [1.807, 2.05) is 0 Å². The van der Waals surface area contributed by atoms with Crippen molar-refractivity contribution in [1.29, 1.82) is 0 Å². The number of hydrogen-bond donors (Lipinski definition) is 3. The smallest absolute Gasteiger partial charge is 0.240 e. The van der Waals surface area contributed by atoms with Gasteiger partial charge in [0.15, 0.2) is 0 Å². The van der Waals surface area contributed by atoms with Gasteiger partial charge in [0, 0.05) is 32.7 Å². The highest BCUT2D eigenvalue weighted by molar-refractivity contribution is 5.82. The van der Waals surface area contributed by atoms with Gasteiger partial charge in [-0.05, 0) is 13.8 Å². The Labute approximate surface area is 90.8 Å². The van der Waals surface area contributed by atoms with Crippen LogP contribution in [0.1, 0.15) is 13.8 Å². The normalized spacial score (nSPS) is 28.5. The molecule has 1 fully saturated rings. The molecular formula is C10H21N3O2. The van der Waals surface area contributed by atoms with Gasteiger partial charge in [0.1, 0.15) is 0 Å². The fourth-order valence-electron chi connectivity index (χ4n) is 1.71. The van der Waals surface area contributed by atoms with Gasteiger partial charge in [-0.3, -0.25) is 4.79 Å². The molecule has 15 heavy (non-hydrogen) atoms. The molecule has 1 heterocycles. The van der Waals surface area contributed by atoms with Crippen LogP contribution in [0.15, 0.2) is 0 Å². The monoisotopic (exact) mass is 215 g/mol. The van der Waals surface area contributed by atoms with E-state index in [9.17, 15) is 9.90 Å². The van der Waals surface area contributed by atoms with E-state index >= 15 is 0 Å². The average molecular weight is 215 g/mol. The second kappa shape index (κ2) is 5.44. The molecule has 1 amide bonds.